The first kappa shape index (κ1) is 17.6. The summed E-state index contributed by atoms with van der Waals surface area (Å²) in [6.07, 6.45) is -4.88. The molecule has 1 heterocycles. The van der Waals surface area contributed by atoms with Crippen molar-refractivity contribution in [2.45, 2.75) is 20.2 Å². The molecular formula is C15H16F3N3O3. The van der Waals surface area contributed by atoms with Crippen LogP contribution in [-0.4, -0.2) is 22.9 Å². The van der Waals surface area contributed by atoms with Crippen LogP contribution in [0.2, 0.25) is 0 Å². The Balaban J connectivity index is 2.44. The van der Waals surface area contributed by atoms with Crippen molar-refractivity contribution in [2.24, 2.45) is 5.92 Å². The standard InChI is InChI=1S/C15H16F3N3O3/c1-8(2)7-23-11-4-3-9(5-12(11)24-15(16,17)18)10-6-13(22)21-14(19)20-10/h3-6,8H,7H2,1-2H3,(H3,19,20,21,22). The van der Waals surface area contributed by atoms with E-state index >= 15 is 0 Å². The summed E-state index contributed by atoms with van der Waals surface area (Å²) in [5.74, 6) is -0.586. The van der Waals surface area contributed by atoms with Crippen LogP contribution in [0.3, 0.4) is 0 Å². The van der Waals surface area contributed by atoms with Crippen molar-refractivity contribution < 1.29 is 22.6 Å². The third-order valence-electron chi connectivity index (χ3n) is 2.80. The molecule has 9 heteroatoms. The van der Waals surface area contributed by atoms with E-state index in [-0.39, 0.29) is 35.5 Å². The van der Waals surface area contributed by atoms with Gasteiger partial charge in [-0.1, -0.05) is 13.8 Å². The lowest BCUT2D eigenvalue weighted by Gasteiger charge is -2.16. The van der Waals surface area contributed by atoms with Crippen LogP contribution >= 0.6 is 0 Å². The number of benzene rings is 1. The zero-order valence-corrected chi connectivity index (χ0v) is 13.0. The SMILES string of the molecule is CC(C)COc1ccc(-c2cc(=O)[nH]c(N)n2)cc1OC(F)(F)F. The molecule has 0 aliphatic heterocycles. The van der Waals surface area contributed by atoms with Gasteiger partial charge in [-0.3, -0.25) is 9.78 Å². The highest BCUT2D eigenvalue weighted by Crippen LogP contribution is 2.35. The average Bonchev–Trinajstić information content (AvgIpc) is 2.43. The van der Waals surface area contributed by atoms with Crippen LogP contribution in [0, 0.1) is 5.92 Å². The molecule has 0 radical (unpaired) electrons. The average molecular weight is 343 g/mol. The van der Waals surface area contributed by atoms with Crippen LogP contribution in [0.5, 0.6) is 11.5 Å². The van der Waals surface area contributed by atoms with E-state index < -0.39 is 17.7 Å². The van der Waals surface area contributed by atoms with Crippen LogP contribution in [0.1, 0.15) is 13.8 Å². The molecule has 6 nitrogen and oxygen atoms in total. The van der Waals surface area contributed by atoms with Crippen LogP contribution in [0.25, 0.3) is 11.3 Å². The predicted octanol–water partition coefficient (Wildman–Crippen LogP) is 2.95. The highest BCUT2D eigenvalue weighted by molar-refractivity contribution is 5.64. The molecule has 1 aromatic carbocycles. The topological polar surface area (TPSA) is 90.2 Å². The quantitative estimate of drug-likeness (QED) is 0.871. The fraction of sp³-hybridized carbons (Fsp3) is 0.333. The number of nitrogens with zero attached hydrogens (tertiary/aromatic N) is 1. The summed E-state index contributed by atoms with van der Waals surface area (Å²) in [7, 11) is 0. The molecule has 0 unspecified atom stereocenters. The molecule has 0 fully saturated rings. The number of nitrogens with two attached hydrogens (primary N) is 1. The molecule has 3 N–H and O–H groups in total. The molecule has 1 aromatic heterocycles. The van der Waals surface area contributed by atoms with Gasteiger partial charge < -0.3 is 15.2 Å². The second-order valence-corrected chi connectivity index (χ2v) is 5.43. The number of alkyl halides is 3. The first-order valence-electron chi connectivity index (χ1n) is 7.04. The molecule has 2 rings (SSSR count). The Hall–Kier alpha value is -2.71. The van der Waals surface area contributed by atoms with Gasteiger partial charge in [0.2, 0.25) is 5.95 Å². The first-order valence-corrected chi connectivity index (χ1v) is 7.04. The number of rotatable bonds is 5. The number of halogens is 3. The van der Waals surface area contributed by atoms with Gasteiger partial charge in [0.25, 0.3) is 5.56 Å². The molecule has 0 saturated carbocycles. The van der Waals surface area contributed by atoms with Crippen molar-refractivity contribution in [2.75, 3.05) is 12.3 Å². The predicted molar refractivity (Wildman–Crippen MR) is 81.7 cm³/mol. The third-order valence-corrected chi connectivity index (χ3v) is 2.80. The first-order chi connectivity index (χ1) is 11.1. The van der Waals surface area contributed by atoms with Crippen LogP contribution in [0.4, 0.5) is 19.1 Å². The fourth-order valence-corrected chi connectivity index (χ4v) is 1.87. The number of nitrogens with one attached hydrogen (secondary N) is 1. The maximum atomic E-state index is 12.6. The molecule has 0 amide bonds. The lowest BCUT2D eigenvalue weighted by atomic mass is 10.1. The van der Waals surface area contributed by atoms with E-state index in [0.717, 1.165) is 12.1 Å². The number of H-pyrrole nitrogens is 1. The van der Waals surface area contributed by atoms with Crippen molar-refractivity contribution in [3.05, 3.63) is 34.6 Å². The third kappa shape index (κ3) is 4.90. The Morgan fingerprint density at radius 1 is 1.25 bits per heavy atom. The van der Waals surface area contributed by atoms with E-state index in [1.165, 1.54) is 12.1 Å². The molecule has 0 bridgehead atoms. The summed E-state index contributed by atoms with van der Waals surface area (Å²) in [5, 5.41) is 0. The number of aromatic nitrogens is 2. The molecule has 2 aromatic rings. The van der Waals surface area contributed by atoms with Gasteiger partial charge >= 0.3 is 6.36 Å². The zero-order chi connectivity index (χ0) is 17.9. The van der Waals surface area contributed by atoms with Gasteiger partial charge in [-0.05, 0) is 24.1 Å². The van der Waals surface area contributed by atoms with Crippen molar-refractivity contribution in [1.82, 2.24) is 9.97 Å². The summed E-state index contributed by atoms with van der Waals surface area (Å²) >= 11 is 0. The lowest BCUT2D eigenvalue weighted by molar-refractivity contribution is -0.275. The van der Waals surface area contributed by atoms with Gasteiger partial charge in [0.15, 0.2) is 11.5 Å². The maximum Gasteiger partial charge on any atom is 0.573 e. The minimum absolute atomic E-state index is 0.0532. The number of hydrogen-bond donors (Lipinski definition) is 2. The van der Waals surface area contributed by atoms with Crippen molar-refractivity contribution in [3.8, 4) is 22.8 Å². The van der Waals surface area contributed by atoms with Crippen molar-refractivity contribution >= 4 is 5.95 Å². The smallest absolute Gasteiger partial charge is 0.489 e. The van der Waals surface area contributed by atoms with E-state index in [1.807, 2.05) is 13.8 Å². The Kier molecular flexibility index (Phi) is 5.01. The normalized spacial score (nSPS) is 11.6. The highest BCUT2D eigenvalue weighted by Gasteiger charge is 2.32. The van der Waals surface area contributed by atoms with Crippen molar-refractivity contribution in [3.63, 3.8) is 0 Å². The lowest BCUT2D eigenvalue weighted by Crippen LogP contribution is -2.18. The van der Waals surface area contributed by atoms with E-state index in [4.69, 9.17) is 10.5 Å². The molecule has 0 saturated heterocycles. The number of anilines is 1. The summed E-state index contributed by atoms with van der Waals surface area (Å²) in [5.41, 5.74) is 5.29. The fourth-order valence-electron chi connectivity index (χ4n) is 1.87. The van der Waals surface area contributed by atoms with Gasteiger partial charge in [-0.2, -0.15) is 0 Å². The van der Waals surface area contributed by atoms with Crippen LogP contribution < -0.4 is 20.8 Å². The minimum atomic E-state index is -4.88. The molecule has 24 heavy (non-hydrogen) atoms. The van der Waals surface area contributed by atoms with E-state index in [1.54, 1.807) is 0 Å². The molecule has 0 aliphatic rings. The zero-order valence-electron chi connectivity index (χ0n) is 13.0. The van der Waals surface area contributed by atoms with Gasteiger partial charge in [0.1, 0.15) is 0 Å². The van der Waals surface area contributed by atoms with Gasteiger partial charge in [-0.25, -0.2) is 4.98 Å². The number of nitrogen functional groups attached to an aromatic ring is 1. The summed E-state index contributed by atoms with van der Waals surface area (Å²) < 4.78 is 47.2. The van der Waals surface area contributed by atoms with Crippen molar-refractivity contribution in [1.29, 1.82) is 0 Å². The van der Waals surface area contributed by atoms with Gasteiger partial charge in [-0.15, -0.1) is 13.2 Å². The monoisotopic (exact) mass is 343 g/mol. The Morgan fingerprint density at radius 3 is 2.54 bits per heavy atom. The number of hydrogen-bond acceptors (Lipinski definition) is 5. The van der Waals surface area contributed by atoms with E-state index in [2.05, 4.69) is 14.7 Å². The minimum Gasteiger partial charge on any atom is -0.489 e. The highest BCUT2D eigenvalue weighted by atomic mass is 19.4. The van der Waals surface area contributed by atoms with Crippen LogP contribution in [0.15, 0.2) is 29.1 Å². The largest absolute Gasteiger partial charge is 0.573 e. The summed E-state index contributed by atoms with van der Waals surface area (Å²) in [4.78, 5) is 17.6. The Bertz CT molecular complexity index is 773. The summed E-state index contributed by atoms with van der Waals surface area (Å²) in [6.45, 7) is 3.95. The van der Waals surface area contributed by atoms with Gasteiger partial charge in [0, 0.05) is 11.6 Å². The van der Waals surface area contributed by atoms with E-state index in [0.29, 0.717) is 0 Å². The number of aromatic amines is 1. The second kappa shape index (κ2) is 6.81. The molecule has 0 aliphatic carbocycles. The maximum absolute atomic E-state index is 12.6. The molecule has 130 valence electrons. The Morgan fingerprint density at radius 2 is 1.96 bits per heavy atom. The Labute approximate surface area is 135 Å². The number of ether oxygens (including phenoxy) is 2. The van der Waals surface area contributed by atoms with E-state index in [9.17, 15) is 18.0 Å². The van der Waals surface area contributed by atoms with Crippen LogP contribution in [-0.2, 0) is 0 Å². The second-order valence-electron chi connectivity index (χ2n) is 5.43. The molecular weight excluding hydrogens is 327 g/mol. The summed E-state index contributed by atoms with van der Waals surface area (Å²) in [6, 6.07) is 5.03. The molecule has 0 spiro atoms. The molecule has 0 atom stereocenters. The van der Waals surface area contributed by atoms with Gasteiger partial charge in [0.05, 0.1) is 12.3 Å².